The standard InChI is InChI=1S/C16H14FN3O3/c1-23-16(22)12-10(8-18)13(9-4-2-6-19-15(9)17)20-7-3-5-11(21)14(12)20/h2,4,6,11,21H,3,5,7H2,1H3. The summed E-state index contributed by atoms with van der Waals surface area (Å²) in [6, 6.07) is 5.00. The van der Waals surface area contributed by atoms with E-state index in [0.717, 1.165) is 0 Å². The molecule has 1 atom stereocenters. The Morgan fingerprint density at radius 3 is 3.04 bits per heavy atom. The number of fused-ring (bicyclic) bond motifs is 1. The quantitative estimate of drug-likeness (QED) is 0.678. The Hall–Kier alpha value is -2.72. The molecule has 0 saturated heterocycles. The summed E-state index contributed by atoms with van der Waals surface area (Å²) < 4.78 is 20.5. The van der Waals surface area contributed by atoms with Crippen LogP contribution in [0.25, 0.3) is 11.3 Å². The van der Waals surface area contributed by atoms with Crippen molar-refractivity contribution < 1.29 is 19.0 Å². The number of carbonyl (C=O) groups excluding carboxylic acids is 1. The van der Waals surface area contributed by atoms with Crippen molar-refractivity contribution in [3.63, 3.8) is 0 Å². The molecule has 3 heterocycles. The molecule has 0 saturated carbocycles. The molecule has 0 bridgehead atoms. The molecule has 0 aliphatic carbocycles. The number of nitriles is 1. The fraction of sp³-hybridized carbons (Fsp3) is 0.312. The highest BCUT2D eigenvalue weighted by molar-refractivity contribution is 5.97. The summed E-state index contributed by atoms with van der Waals surface area (Å²) >= 11 is 0. The van der Waals surface area contributed by atoms with Crippen molar-refractivity contribution in [2.75, 3.05) is 7.11 Å². The fourth-order valence-corrected chi connectivity index (χ4v) is 3.06. The Kier molecular flexibility index (Phi) is 3.84. The number of aromatic nitrogens is 2. The lowest BCUT2D eigenvalue weighted by molar-refractivity contribution is 0.0587. The molecule has 0 amide bonds. The van der Waals surface area contributed by atoms with E-state index in [0.29, 0.717) is 25.1 Å². The van der Waals surface area contributed by atoms with E-state index in [2.05, 4.69) is 4.98 Å². The predicted molar refractivity (Wildman–Crippen MR) is 77.9 cm³/mol. The topological polar surface area (TPSA) is 88.1 Å². The van der Waals surface area contributed by atoms with Crippen LogP contribution < -0.4 is 0 Å². The largest absolute Gasteiger partial charge is 0.465 e. The molecule has 3 rings (SSSR count). The maximum absolute atomic E-state index is 14.1. The highest BCUT2D eigenvalue weighted by Crippen LogP contribution is 2.39. The van der Waals surface area contributed by atoms with Gasteiger partial charge in [-0.15, -0.1) is 0 Å². The third-order valence-corrected chi connectivity index (χ3v) is 3.99. The molecule has 1 unspecified atom stereocenters. The average molecular weight is 315 g/mol. The van der Waals surface area contributed by atoms with Crippen molar-refractivity contribution in [3.05, 3.63) is 41.1 Å². The fourth-order valence-electron chi connectivity index (χ4n) is 3.06. The van der Waals surface area contributed by atoms with Crippen LogP contribution in [0.5, 0.6) is 0 Å². The number of esters is 1. The van der Waals surface area contributed by atoms with Crippen molar-refractivity contribution in [2.45, 2.75) is 25.5 Å². The summed E-state index contributed by atoms with van der Waals surface area (Å²) in [7, 11) is 1.20. The summed E-state index contributed by atoms with van der Waals surface area (Å²) in [5, 5.41) is 19.8. The van der Waals surface area contributed by atoms with Crippen LogP contribution in [0, 0.1) is 17.3 Å². The Morgan fingerprint density at radius 2 is 2.39 bits per heavy atom. The van der Waals surface area contributed by atoms with Crippen molar-refractivity contribution >= 4 is 5.97 Å². The number of aliphatic hydroxyl groups is 1. The smallest absolute Gasteiger partial charge is 0.341 e. The zero-order chi connectivity index (χ0) is 16.6. The predicted octanol–water partition coefficient (Wildman–Crippen LogP) is 2.17. The van der Waals surface area contributed by atoms with E-state index in [-0.39, 0.29) is 22.4 Å². The summed E-state index contributed by atoms with van der Waals surface area (Å²) in [6.45, 7) is 0.474. The van der Waals surface area contributed by atoms with Crippen LogP contribution in [0.1, 0.15) is 40.6 Å². The molecule has 0 spiro atoms. The van der Waals surface area contributed by atoms with Gasteiger partial charge < -0.3 is 14.4 Å². The SMILES string of the molecule is COC(=O)c1c(C#N)c(-c2cccnc2F)n2c1C(O)CCC2. The van der Waals surface area contributed by atoms with Crippen LogP contribution in [0.4, 0.5) is 4.39 Å². The van der Waals surface area contributed by atoms with Gasteiger partial charge in [0, 0.05) is 12.7 Å². The Bertz CT molecular complexity index is 823. The maximum atomic E-state index is 14.1. The van der Waals surface area contributed by atoms with Crippen LogP contribution in [0.15, 0.2) is 18.3 Å². The van der Waals surface area contributed by atoms with Crippen molar-refractivity contribution in [3.8, 4) is 17.3 Å². The molecule has 0 fully saturated rings. The van der Waals surface area contributed by atoms with Gasteiger partial charge in [-0.2, -0.15) is 9.65 Å². The first kappa shape index (κ1) is 15.2. The van der Waals surface area contributed by atoms with E-state index >= 15 is 0 Å². The zero-order valence-electron chi connectivity index (χ0n) is 12.4. The lowest BCUT2D eigenvalue weighted by atomic mass is 10.0. The lowest BCUT2D eigenvalue weighted by Crippen LogP contribution is -2.18. The van der Waals surface area contributed by atoms with Gasteiger partial charge >= 0.3 is 5.97 Å². The van der Waals surface area contributed by atoms with Crippen LogP contribution >= 0.6 is 0 Å². The summed E-state index contributed by atoms with van der Waals surface area (Å²) in [4.78, 5) is 15.7. The van der Waals surface area contributed by atoms with Crippen LogP contribution in [-0.4, -0.2) is 27.7 Å². The van der Waals surface area contributed by atoms with Crippen molar-refractivity contribution in [1.29, 1.82) is 5.26 Å². The van der Waals surface area contributed by atoms with Crippen LogP contribution in [0.2, 0.25) is 0 Å². The van der Waals surface area contributed by atoms with Crippen LogP contribution in [-0.2, 0) is 11.3 Å². The van der Waals surface area contributed by atoms with Gasteiger partial charge in [-0.1, -0.05) is 0 Å². The molecule has 23 heavy (non-hydrogen) atoms. The van der Waals surface area contributed by atoms with E-state index < -0.39 is 18.0 Å². The number of carbonyl (C=O) groups is 1. The van der Waals surface area contributed by atoms with Crippen molar-refractivity contribution in [2.24, 2.45) is 0 Å². The molecule has 6 nitrogen and oxygen atoms in total. The number of hydrogen-bond acceptors (Lipinski definition) is 5. The molecule has 0 radical (unpaired) electrons. The first-order chi connectivity index (χ1) is 11.1. The second kappa shape index (κ2) is 5.82. The van der Waals surface area contributed by atoms with E-state index in [9.17, 15) is 19.6 Å². The molecule has 1 aliphatic heterocycles. The van der Waals surface area contributed by atoms with E-state index in [1.807, 2.05) is 6.07 Å². The third kappa shape index (κ3) is 2.28. The number of ether oxygens (including phenoxy) is 1. The maximum Gasteiger partial charge on any atom is 0.341 e. The van der Waals surface area contributed by atoms with Gasteiger partial charge in [0.2, 0.25) is 5.95 Å². The molecule has 7 heteroatoms. The van der Waals surface area contributed by atoms with Crippen LogP contribution in [0.3, 0.4) is 0 Å². The summed E-state index contributed by atoms with van der Waals surface area (Å²) in [5.74, 6) is -1.46. The normalized spacial score (nSPS) is 16.5. The first-order valence-electron chi connectivity index (χ1n) is 7.13. The number of nitrogens with zero attached hydrogens (tertiary/aromatic N) is 3. The minimum absolute atomic E-state index is 0.000278. The minimum atomic E-state index is -0.904. The summed E-state index contributed by atoms with van der Waals surface area (Å²) in [6.07, 6.45) is 1.52. The number of methoxy groups -OCH3 is 1. The molecule has 2 aromatic heterocycles. The van der Waals surface area contributed by atoms with Gasteiger partial charge in [0.15, 0.2) is 0 Å². The molecular weight excluding hydrogens is 301 g/mol. The van der Waals surface area contributed by atoms with Crippen molar-refractivity contribution in [1.82, 2.24) is 9.55 Å². The molecular formula is C16H14FN3O3. The van der Waals surface area contributed by atoms with E-state index in [4.69, 9.17) is 4.74 Å². The van der Waals surface area contributed by atoms with Gasteiger partial charge in [0.25, 0.3) is 0 Å². The number of hydrogen-bond donors (Lipinski definition) is 1. The Morgan fingerprint density at radius 1 is 1.61 bits per heavy atom. The van der Waals surface area contributed by atoms with E-state index in [1.54, 1.807) is 10.6 Å². The van der Waals surface area contributed by atoms with Gasteiger partial charge in [-0.05, 0) is 25.0 Å². The molecule has 118 valence electrons. The highest BCUT2D eigenvalue weighted by Gasteiger charge is 2.34. The lowest BCUT2D eigenvalue weighted by Gasteiger charge is -2.23. The Balaban J connectivity index is 2.39. The molecule has 1 aliphatic rings. The molecule has 1 N–H and O–H groups in total. The average Bonchev–Trinajstić information content (AvgIpc) is 2.90. The monoisotopic (exact) mass is 315 g/mol. The highest BCUT2D eigenvalue weighted by atomic mass is 19.1. The number of rotatable bonds is 2. The Labute approximate surface area is 131 Å². The van der Waals surface area contributed by atoms with Gasteiger partial charge in [-0.3, -0.25) is 0 Å². The van der Waals surface area contributed by atoms with Gasteiger partial charge in [0.05, 0.1) is 35.7 Å². The zero-order valence-corrected chi connectivity index (χ0v) is 12.4. The van der Waals surface area contributed by atoms with Gasteiger partial charge in [0.1, 0.15) is 11.6 Å². The van der Waals surface area contributed by atoms with E-state index in [1.165, 1.54) is 19.4 Å². The number of pyridine rings is 1. The second-order valence-electron chi connectivity index (χ2n) is 5.24. The first-order valence-corrected chi connectivity index (χ1v) is 7.13. The summed E-state index contributed by atoms with van der Waals surface area (Å²) in [5.41, 5.74) is 0.680. The number of aliphatic hydroxyl groups excluding tert-OH is 1. The molecule has 2 aromatic rings. The van der Waals surface area contributed by atoms with Gasteiger partial charge in [-0.25, -0.2) is 9.78 Å². The second-order valence-corrected chi connectivity index (χ2v) is 5.24. The number of halogens is 1. The minimum Gasteiger partial charge on any atom is -0.465 e. The third-order valence-electron chi connectivity index (χ3n) is 3.99. The molecule has 0 aromatic carbocycles.